The molecule has 0 saturated heterocycles. The van der Waals surface area contributed by atoms with Crippen molar-refractivity contribution in [3.63, 3.8) is 0 Å². The second-order valence-corrected chi connectivity index (χ2v) is 3.59. The lowest BCUT2D eigenvalue weighted by molar-refractivity contribution is 0.682. The predicted octanol–water partition coefficient (Wildman–Crippen LogP) is 3.04. The van der Waals surface area contributed by atoms with E-state index in [2.05, 4.69) is 21.5 Å². The van der Waals surface area contributed by atoms with E-state index in [1.54, 1.807) is 6.20 Å². The zero-order chi connectivity index (χ0) is 11.2. The Labute approximate surface area is 95.5 Å². The van der Waals surface area contributed by atoms with Gasteiger partial charge in [0.1, 0.15) is 0 Å². The number of nitrogens with zero attached hydrogens (tertiary/aromatic N) is 3. The molecule has 0 N–H and O–H groups in total. The molecule has 0 radical (unpaired) electrons. The van der Waals surface area contributed by atoms with Crippen LogP contribution in [0.4, 0.5) is 5.95 Å². The highest BCUT2D eigenvalue weighted by molar-refractivity contribution is 5.81. The standard InChI is InChI=1S/C13H15N3/c1-2-9-16-10-8-14-13(16)15-11-12-6-4-3-5-7-12/h3-8,10-11H,2,9H2,1H3. The molecule has 0 unspecified atom stereocenters. The van der Waals surface area contributed by atoms with Crippen LogP contribution in [0.1, 0.15) is 18.9 Å². The normalized spacial score (nSPS) is 11.1. The third kappa shape index (κ3) is 2.57. The molecule has 0 spiro atoms. The summed E-state index contributed by atoms with van der Waals surface area (Å²) in [6.07, 6.45) is 6.67. The number of hydrogen-bond acceptors (Lipinski definition) is 2. The van der Waals surface area contributed by atoms with Gasteiger partial charge < -0.3 is 4.57 Å². The summed E-state index contributed by atoms with van der Waals surface area (Å²) in [5.41, 5.74) is 1.09. The van der Waals surface area contributed by atoms with Crippen molar-refractivity contribution in [3.05, 3.63) is 48.3 Å². The molecule has 1 aromatic heterocycles. The van der Waals surface area contributed by atoms with Crippen LogP contribution in [0.15, 0.2) is 47.7 Å². The van der Waals surface area contributed by atoms with Gasteiger partial charge in [-0.05, 0) is 12.0 Å². The number of benzene rings is 1. The fourth-order valence-electron chi connectivity index (χ4n) is 1.52. The van der Waals surface area contributed by atoms with Gasteiger partial charge in [0.2, 0.25) is 5.95 Å². The van der Waals surface area contributed by atoms with Crippen molar-refractivity contribution < 1.29 is 0 Å². The van der Waals surface area contributed by atoms with Crippen LogP contribution in [-0.4, -0.2) is 15.8 Å². The van der Waals surface area contributed by atoms with Gasteiger partial charge in [-0.25, -0.2) is 9.98 Å². The summed E-state index contributed by atoms with van der Waals surface area (Å²) >= 11 is 0. The average Bonchev–Trinajstić information content (AvgIpc) is 2.76. The zero-order valence-corrected chi connectivity index (χ0v) is 9.37. The molecule has 1 aromatic carbocycles. The summed E-state index contributed by atoms with van der Waals surface area (Å²) in [6, 6.07) is 10.0. The summed E-state index contributed by atoms with van der Waals surface area (Å²) in [4.78, 5) is 8.60. The highest BCUT2D eigenvalue weighted by Gasteiger charge is 1.97. The van der Waals surface area contributed by atoms with Crippen molar-refractivity contribution in [2.45, 2.75) is 19.9 Å². The monoisotopic (exact) mass is 213 g/mol. The minimum Gasteiger partial charge on any atom is -0.316 e. The van der Waals surface area contributed by atoms with Crippen molar-refractivity contribution in [2.24, 2.45) is 4.99 Å². The Morgan fingerprint density at radius 2 is 2.12 bits per heavy atom. The van der Waals surface area contributed by atoms with Gasteiger partial charge in [-0.15, -0.1) is 0 Å². The SMILES string of the molecule is CCCn1ccnc1N=Cc1ccccc1. The molecule has 0 aliphatic rings. The van der Waals surface area contributed by atoms with E-state index in [-0.39, 0.29) is 0 Å². The van der Waals surface area contributed by atoms with E-state index in [4.69, 9.17) is 0 Å². The summed E-state index contributed by atoms with van der Waals surface area (Å²) < 4.78 is 2.06. The lowest BCUT2D eigenvalue weighted by atomic mass is 10.2. The molecular formula is C13H15N3. The smallest absolute Gasteiger partial charge is 0.229 e. The molecule has 0 saturated carbocycles. The van der Waals surface area contributed by atoms with E-state index in [9.17, 15) is 0 Å². The summed E-state index contributed by atoms with van der Waals surface area (Å²) in [5, 5.41) is 0. The van der Waals surface area contributed by atoms with Crippen LogP contribution in [0.5, 0.6) is 0 Å². The maximum Gasteiger partial charge on any atom is 0.229 e. The second kappa shape index (κ2) is 5.26. The van der Waals surface area contributed by atoms with Crippen molar-refractivity contribution in [3.8, 4) is 0 Å². The molecule has 2 rings (SSSR count). The Morgan fingerprint density at radius 1 is 1.31 bits per heavy atom. The maximum absolute atomic E-state index is 4.38. The van der Waals surface area contributed by atoms with Crippen LogP contribution in [-0.2, 0) is 6.54 Å². The Morgan fingerprint density at radius 3 is 2.88 bits per heavy atom. The van der Waals surface area contributed by atoms with Crippen LogP contribution < -0.4 is 0 Å². The first kappa shape index (κ1) is 10.6. The van der Waals surface area contributed by atoms with Crippen LogP contribution in [0.25, 0.3) is 0 Å². The first-order chi connectivity index (χ1) is 7.90. The molecule has 3 heteroatoms. The van der Waals surface area contributed by atoms with Crippen LogP contribution in [0.3, 0.4) is 0 Å². The quantitative estimate of drug-likeness (QED) is 0.718. The highest BCUT2D eigenvalue weighted by Crippen LogP contribution is 2.09. The predicted molar refractivity (Wildman–Crippen MR) is 66.2 cm³/mol. The minimum absolute atomic E-state index is 0.769. The molecule has 3 nitrogen and oxygen atoms in total. The van der Waals surface area contributed by atoms with Crippen molar-refractivity contribution in [2.75, 3.05) is 0 Å². The molecule has 2 aromatic rings. The molecule has 0 bridgehead atoms. The molecule has 0 amide bonds. The molecule has 1 heterocycles. The minimum atomic E-state index is 0.769. The van der Waals surface area contributed by atoms with Crippen molar-refractivity contribution in [1.29, 1.82) is 0 Å². The molecular weight excluding hydrogens is 198 g/mol. The summed E-state index contributed by atoms with van der Waals surface area (Å²) in [5.74, 6) is 0.769. The van der Waals surface area contributed by atoms with E-state index in [1.165, 1.54) is 0 Å². The first-order valence-electron chi connectivity index (χ1n) is 5.50. The molecule has 0 aliphatic carbocycles. The van der Waals surface area contributed by atoms with Gasteiger partial charge in [0.15, 0.2) is 0 Å². The van der Waals surface area contributed by atoms with Gasteiger partial charge in [-0.2, -0.15) is 0 Å². The van der Waals surface area contributed by atoms with Crippen molar-refractivity contribution in [1.82, 2.24) is 9.55 Å². The Balaban J connectivity index is 2.14. The van der Waals surface area contributed by atoms with Gasteiger partial charge >= 0.3 is 0 Å². The largest absolute Gasteiger partial charge is 0.316 e. The molecule has 0 fully saturated rings. The Hall–Kier alpha value is -1.90. The zero-order valence-electron chi connectivity index (χ0n) is 9.37. The van der Waals surface area contributed by atoms with Gasteiger partial charge in [0.25, 0.3) is 0 Å². The van der Waals surface area contributed by atoms with Crippen LogP contribution in [0, 0.1) is 0 Å². The van der Waals surface area contributed by atoms with E-state index in [1.807, 2.05) is 42.7 Å². The van der Waals surface area contributed by atoms with E-state index in [0.29, 0.717) is 0 Å². The van der Waals surface area contributed by atoms with Gasteiger partial charge in [-0.3, -0.25) is 0 Å². The van der Waals surface area contributed by atoms with E-state index in [0.717, 1.165) is 24.5 Å². The number of aryl methyl sites for hydroxylation is 1. The lowest BCUT2D eigenvalue weighted by Crippen LogP contribution is -1.94. The summed E-state index contributed by atoms with van der Waals surface area (Å²) in [7, 11) is 0. The third-order valence-corrected chi connectivity index (χ3v) is 2.29. The van der Waals surface area contributed by atoms with Gasteiger partial charge in [0.05, 0.1) is 0 Å². The number of hydrogen-bond donors (Lipinski definition) is 0. The fraction of sp³-hybridized carbons (Fsp3) is 0.231. The molecule has 16 heavy (non-hydrogen) atoms. The van der Waals surface area contributed by atoms with Crippen molar-refractivity contribution >= 4 is 12.2 Å². The lowest BCUT2D eigenvalue weighted by Gasteiger charge is -2.00. The Kier molecular flexibility index (Phi) is 3.49. The van der Waals surface area contributed by atoms with Gasteiger partial charge in [-0.1, -0.05) is 37.3 Å². The van der Waals surface area contributed by atoms with Crippen LogP contribution >= 0.6 is 0 Å². The number of aliphatic imine (C=N–C) groups is 1. The van der Waals surface area contributed by atoms with E-state index < -0.39 is 0 Å². The number of imidazole rings is 1. The Bertz CT molecular complexity index is 457. The number of aromatic nitrogens is 2. The van der Waals surface area contributed by atoms with E-state index >= 15 is 0 Å². The fourth-order valence-corrected chi connectivity index (χ4v) is 1.52. The van der Waals surface area contributed by atoms with Gasteiger partial charge in [0, 0.05) is 25.2 Å². The average molecular weight is 213 g/mol. The topological polar surface area (TPSA) is 30.2 Å². The first-order valence-corrected chi connectivity index (χ1v) is 5.50. The van der Waals surface area contributed by atoms with Crippen LogP contribution in [0.2, 0.25) is 0 Å². The molecule has 82 valence electrons. The third-order valence-electron chi connectivity index (χ3n) is 2.29. The maximum atomic E-state index is 4.38. The molecule has 0 atom stereocenters. The second-order valence-electron chi connectivity index (χ2n) is 3.59. The number of rotatable bonds is 4. The molecule has 0 aliphatic heterocycles. The summed E-state index contributed by atoms with van der Waals surface area (Å²) in [6.45, 7) is 3.10. The highest BCUT2D eigenvalue weighted by atomic mass is 15.2.